The van der Waals surface area contributed by atoms with Gasteiger partial charge in [0.25, 0.3) is 0 Å². The van der Waals surface area contributed by atoms with E-state index in [0.29, 0.717) is 32.4 Å². The summed E-state index contributed by atoms with van der Waals surface area (Å²) in [5.74, 6) is 0. The Morgan fingerprint density at radius 3 is 2.42 bits per heavy atom. The van der Waals surface area contributed by atoms with Crippen LogP contribution in [-0.2, 0) is 27.3 Å². The molecule has 0 saturated carbocycles. The number of urea groups is 1. The molecule has 2 amide bonds. The van der Waals surface area contributed by atoms with Crippen molar-refractivity contribution >= 4 is 15.9 Å². The predicted octanol–water partition coefficient (Wildman–Crippen LogP) is 1.65. The van der Waals surface area contributed by atoms with Crippen molar-refractivity contribution in [3.05, 3.63) is 29.3 Å². The number of hydrogen-bond acceptors (Lipinski definition) is 4. The van der Waals surface area contributed by atoms with E-state index in [-0.39, 0.29) is 12.1 Å². The van der Waals surface area contributed by atoms with Crippen LogP contribution in [0.4, 0.5) is 18.0 Å². The normalized spacial score (nSPS) is 16.1. The maximum Gasteiger partial charge on any atom is 0.416 e. The molecular weight excluding hydrogens is 349 g/mol. The van der Waals surface area contributed by atoms with Gasteiger partial charge in [0.1, 0.15) is 0 Å². The Morgan fingerprint density at radius 1 is 1.25 bits per heavy atom. The van der Waals surface area contributed by atoms with E-state index in [4.69, 9.17) is 4.74 Å². The summed E-state index contributed by atoms with van der Waals surface area (Å²) in [4.78, 5) is 13.0. The Kier molecular flexibility index (Phi) is 5.38. The van der Waals surface area contributed by atoms with Crippen LogP contribution in [0, 0.1) is 0 Å². The van der Waals surface area contributed by atoms with Crippen molar-refractivity contribution in [2.24, 2.45) is 0 Å². The van der Waals surface area contributed by atoms with Crippen molar-refractivity contribution in [2.75, 3.05) is 32.6 Å². The topological polar surface area (TPSA) is 75.7 Å². The van der Waals surface area contributed by atoms with Crippen molar-refractivity contribution < 1.29 is 31.1 Å². The third-order valence-electron chi connectivity index (χ3n) is 3.46. The van der Waals surface area contributed by atoms with Crippen molar-refractivity contribution in [3.63, 3.8) is 0 Å². The number of hydrogen-bond donors (Lipinski definition) is 1. The van der Waals surface area contributed by atoms with Gasteiger partial charge in [-0.05, 0) is 23.8 Å². The number of ether oxygens (including phenoxy) is 1. The average Bonchev–Trinajstić information content (AvgIpc) is 2.51. The maximum atomic E-state index is 12.9. The monoisotopic (exact) mass is 366 g/mol. The molecule has 0 spiro atoms. The summed E-state index contributed by atoms with van der Waals surface area (Å²) in [6.45, 7) is 1.37. The molecule has 1 aromatic carbocycles. The molecule has 24 heavy (non-hydrogen) atoms. The number of carbonyl (C=O) groups is 1. The second-order valence-corrected chi connectivity index (χ2v) is 7.41. The molecule has 6 nitrogen and oxygen atoms in total. The number of carbonyl (C=O) groups excluding carboxylic acids is 1. The van der Waals surface area contributed by atoms with Gasteiger partial charge in [-0.15, -0.1) is 0 Å². The van der Waals surface area contributed by atoms with Crippen LogP contribution in [0.15, 0.2) is 23.1 Å². The maximum absolute atomic E-state index is 12.9. The summed E-state index contributed by atoms with van der Waals surface area (Å²) in [6, 6.07) is 2.11. The molecule has 1 heterocycles. The third kappa shape index (κ3) is 4.84. The fourth-order valence-electron chi connectivity index (χ4n) is 2.20. The van der Waals surface area contributed by atoms with Crippen molar-refractivity contribution in [2.45, 2.75) is 17.6 Å². The van der Waals surface area contributed by atoms with Crippen LogP contribution in [0.3, 0.4) is 0 Å². The first-order valence-corrected chi connectivity index (χ1v) is 8.98. The fraction of sp³-hybridized carbons (Fsp3) is 0.500. The summed E-state index contributed by atoms with van der Waals surface area (Å²) in [5, 5.41) is 2.50. The first-order valence-electron chi connectivity index (χ1n) is 7.09. The van der Waals surface area contributed by atoms with Gasteiger partial charge in [0.2, 0.25) is 0 Å². The van der Waals surface area contributed by atoms with Gasteiger partial charge in [0.15, 0.2) is 9.84 Å². The predicted molar refractivity (Wildman–Crippen MR) is 79.2 cm³/mol. The lowest BCUT2D eigenvalue weighted by atomic mass is 10.1. The van der Waals surface area contributed by atoms with E-state index in [9.17, 15) is 26.4 Å². The molecule has 0 atom stereocenters. The number of morpholine rings is 1. The van der Waals surface area contributed by atoms with Gasteiger partial charge in [-0.3, -0.25) is 0 Å². The molecule has 0 radical (unpaired) electrons. The zero-order valence-corrected chi connectivity index (χ0v) is 13.7. The Morgan fingerprint density at radius 2 is 1.88 bits per heavy atom. The van der Waals surface area contributed by atoms with E-state index in [1.807, 2.05) is 0 Å². The zero-order chi connectivity index (χ0) is 18.0. The number of benzene rings is 1. The fourth-order valence-corrected chi connectivity index (χ4v) is 2.90. The van der Waals surface area contributed by atoms with Gasteiger partial charge in [-0.25, -0.2) is 13.2 Å². The van der Waals surface area contributed by atoms with Crippen LogP contribution in [-0.4, -0.2) is 51.9 Å². The number of halogens is 3. The number of nitrogens with one attached hydrogen (secondary N) is 1. The molecule has 1 aliphatic heterocycles. The summed E-state index contributed by atoms with van der Waals surface area (Å²) >= 11 is 0. The zero-order valence-electron chi connectivity index (χ0n) is 12.9. The van der Waals surface area contributed by atoms with E-state index < -0.39 is 32.5 Å². The first kappa shape index (κ1) is 18.5. The standard InChI is InChI=1S/C14H17F3N2O4S/c1-24(21,22)12-7-10(6-11(8-12)14(15,16)17)9-18-13(20)19-2-4-23-5-3-19/h6-8H,2-5,9H2,1H3,(H,18,20). The SMILES string of the molecule is CS(=O)(=O)c1cc(CNC(=O)N2CCOCC2)cc(C(F)(F)F)c1. The molecule has 0 unspecified atom stereocenters. The van der Waals surface area contributed by atoms with E-state index in [0.717, 1.165) is 18.4 Å². The number of nitrogens with zero attached hydrogens (tertiary/aromatic N) is 1. The minimum atomic E-state index is -4.68. The molecule has 0 bridgehead atoms. The summed E-state index contributed by atoms with van der Waals surface area (Å²) in [5.41, 5.74) is -1.01. The van der Waals surface area contributed by atoms with Crippen molar-refractivity contribution in [3.8, 4) is 0 Å². The van der Waals surface area contributed by atoms with Gasteiger partial charge in [0.05, 0.1) is 23.7 Å². The highest BCUT2D eigenvalue weighted by molar-refractivity contribution is 7.90. The van der Waals surface area contributed by atoms with Crippen molar-refractivity contribution in [1.29, 1.82) is 0 Å². The largest absolute Gasteiger partial charge is 0.416 e. The summed E-state index contributed by atoms with van der Waals surface area (Å²) < 4.78 is 67.0. The number of sulfone groups is 1. The highest BCUT2D eigenvalue weighted by atomic mass is 32.2. The number of alkyl halides is 3. The van der Waals surface area contributed by atoms with Crippen LogP contribution in [0.5, 0.6) is 0 Å². The van der Waals surface area contributed by atoms with Crippen LogP contribution in [0.2, 0.25) is 0 Å². The molecular formula is C14H17F3N2O4S. The van der Waals surface area contributed by atoms with Gasteiger partial charge >= 0.3 is 12.2 Å². The Labute approximate surface area is 137 Å². The van der Waals surface area contributed by atoms with E-state index >= 15 is 0 Å². The van der Waals surface area contributed by atoms with Gasteiger partial charge in [-0.1, -0.05) is 0 Å². The van der Waals surface area contributed by atoms with E-state index in [1.54, 1.807) is 0 Å². The number of rotatable bonds is 3. The van der Waals surface area contributed by atoms with Crippen LogP contribution in [0.1, 0.15) is 11.1 Å². The van der Waals surface area contributed by atoms with E-state index in [1.165, 1.54) is 4.90 Å². The van der Waals surface area contributed by atoms with E-state index in [2.05, 4.69) is 5.32 Å². The molecule has 1 N–H and O–H groups in total. The highest BCUT2D eigenvalue weighted by Crippen LogP contribution is 2.31. The van der Waals surface area contributed by atoms with Crippen LogP contribution < -0.4 is 5.32 Å². The molecule has 0 aliphatic carbocycles. The second kappa shape index (κ2) is 6.98. The quantitative estimate of drug-likeness (QED) is 0.883. The Bertz CT molecular complexity index is 713. The average molecular weight is 366 g/mol. The Balaban J connectivity index is 2.18. The minimum absolute atomic E-state index is 0.0619. The van der Waals surface area contributed by atoms with Gasteiger partial charge in [0, 0.05) is 25.9 Å². The highest BCUT2D eigenvalue weighted by Gasteiger charge is 2.32. The molecule has 0 aromatic heterocycles. The van der Waals surface area contributed by atoms with Crippen molar-refractivity contribution in [1.82, 2.24) is 10.2 Å². The lowest BCUT2D eigenvalue weighted by Gasteiger charge is -2.27. The smallest absolute Gasteiger partial charge is 0.378 e. The molecule has 1 saturated heterocycles. The lowest BCUT2D eigenvalue weighted by molar-refractivity contribution is -0.137. The van der Waals surface area contributed by atoms with Crippen LogP contribution in [0.25, 0.3) is 0 Å². The summed E-state index contributed by atoms with van der Waals surface area (Å²) in [6.07, 6.45) is -3.84. The molecule has 1 fully saturated rings. The third-order valence-corrected chi connectivity index (χ3v) is 4.56. The molecule has 134 valence electrons. The molecule has 1 aromatic rings. The van der Waals surface area contributed by atoms with Gasteiger partial charge in [-0.2, -0.15) is 13.2 Å². The first-order chi connectivity index (χ1) is 11.1. The lowest BCUT2D eigenvalue weighted by Crippen LogP contribution is -2.45. The minimum Gasteiger partial charge on any atom is -0.378 e. The number of amides is 2. The second-order valence-electron chi connectivity index (χ2n) is 5.39. The molecule has 2 rings (SSSR count). The Hall–Kier alpha value is -1.81. The van der Waals surface area contributed by atoms with Gasteiger partial charge < -0.3 is 15.0 Å². The van der Waals surface area contributed by atoms with Crippen LogP contribution >= 0.6 is 0 Å². The molecule has 10 heteroatoms. The summed E-state index contributed by atoms with van der Waals surface area (Å²) in [7, 11) is -3.81. The molecule has 1 aliphatic rings.